The second kappa shape index (κ2) is 14.2. The van der Waals surface area contributed by atoms with Crippen LogP contribution in [0.2, 0.25) is 0 Å². The smallest absolute Gasteiger partial charge is 0.0133 e. The molecule has 1 heterocycles. The number of hydrogen-bond donors (Lipinski definition) is 0. The molecule has 15 atom stereocenters. The van der Waals surface area contributed by atoms with Crippen molar-refractivity contribution in [3.63, 3.8) is 0 Å². The van der Waals surface area contributed by atoms with Gasteiger partial charge in [-0.25, -0.2) is 0 Å². The molecule has 9 rings (SSSR count). The van der Waals surface area contributed by atoms with Gasteiger partial charge < -0.3 is 0 Å². The molecule has 1 aliphatic heterocycles. The van der Waals surface area contributed by atoms with Gasteiger partial charge in [-0.1, -0.05) is 84.0 Å². The van der Waals surface area contributed by atoms with Crippen LogP contribution in [-0.4, -0.2) is 23.0 Å². The maximum Gasteiger partial charge on any atom is 0.0133 e. The zero-order valence-corrected chi connectivity index (χ0v) is 31.4. The Morgan fingerprint density at radius 2 is 0.787 bits per heavy atom. The summed E-state index contributed by atoms with van der Waals surface area (Å²) in [4.78, 5) is 3.21. The molecule has 1 heteroatoms. The van der Waals surface area contributed by atoms with Gasteiger partial charge in [-0.15, -0.1) is 0 Å². The van der Waals surface area contributed by atoms with Crippen LogP contribution in [0.4, 0.5) is 0 Å². The van der Waals surface area contributed by atoms with Crippen LogP contribution in [0.25, 0.3) is 0 Å². The van der Waals surface area contributed by atoms with Crippen LogP contribution in [0.5, 0.6) is 0 Å². The molecular weight excluding hydrogens is 567 g/mol. The Hall–Kier alpha value is -0.0400. The number of rotatable bonds is 6. The molecule has 15 unspecified atom stereocenters. The number of likely N-dealkylation sites (tertiary alicyclic amines) is 1. The lowest BCUT2D eigenvalue weighted by atomic mass is 9.52. The number of fused-ring (bicyclic) bond motifs is 7. The van der Waals surface area contributed by atoms with Crippen molar-refractivity contribution in [3.8, 4) is 0 Å². The van der Waals surface area contributed by atoms with Crippen LogP contribution in [0.1, 0.15) is 187 Å². The predicted octanol–water partition coefficient (Wildman–Crippen LogP) is 12.7. The Bertz CT molecular complexity index is 914. The van der Waals surface area contributed by atoms with Gasteiger partial charge in [0.2, 0.25) is 0 Å². The van der Waals surface area contributed by atoms with Gasteiger partial charge >= 0.3 is 0 Å². The Morgan fingerprint density at radius 1 is 0.426 bits per heavy atom. The standard InChI is InChI=1S/C46H77N/c1-3-30(2)47-45-22-20-31(24-41-37-16-8-4-12-33(37)28-34-13-5-9-17-38(34)41)26-43(45)44-27-32(21-23-46(44)47)25-42-39-18-10-6-14-35(39)29-36-15-7-11-19-40(36)42/h30-46H,3-29H2,1-2H3. The third-order valence-electron chi connectivity index (χ3n) is 18.8. The van der Waals surface area contributed by atoms with E-state index in [1.807, 2.05) is 0 Å². The van der Waals surface area contributed by atoms with Crippen molar-refractivity contribution in [1.82, 2.24) is 4.90 Å². The van der Waals surface area contributed by atoms with Crippen molar-refractivity contribution in [3.05, 3.63) is 0 Å². The summed E-state index contributed by atoms with van der Waals surface area (Å²) in [5, 5.41) is 0. The van der Waals surface area contributed by atoms with E-state index in [1.165, 1.54) is 6.42 Å². The highest BCUT2D eigenvalue weighted by Gasteiger charge is 2.55. The summed E-state index contributed by atoms with van der Waals surface area (Å²) in [6.07, 6.45) is 42.8. The van der Waals surface area contributed by atoms with E-state index in [0.717, 1.165) is 101 Å². The Balaban J connectivity index is 0.924. The van der Waals surface area contributed by atoms with Crippen molar-refractivity contribution in [2.24, 2.45) is 82.9 Å². The monoisotopic (exact) mass is 644 g/mol. The first-order valence-corrected chi connectivity index (χ1v) is 22.9. The molecular formula is C46H77N. The first-order chi connectivity index (χ1) is 23.2. The maximum absolute atomic E-state index is 3.21. The largest absolute Gasteiger partial charge is 0.294 e. The summed E-state index contributed by atoms with van der Waals surface area (Å²) in [5.41, 5.74) is 0. The summed E-state index contributed by atoms with van der Waals surface area (Å²) in [5.74, 6) is 15.4. The molecule has 0 N–H and O–H groups in total. The average Bonchev–Trinajstić information content (AvgIpc) is 3.44. The Kier molecular flexibility index (Phi) is 9.90. The molecule has 0 spiro atoms. The minimum Gasteiger partial charge on any atom is -0.294 e. The molecule has 0 bridgehead atoms. The van der Waals surface area contributed by atoms with Crippen molar-refractivity contribution in [2.45, 2.75) is 205 Å². The third kappa shape index (κ3) is 6.17. The number of hydrogen-bond acceptors (Lipinski definition) is 1. The molecule has 1 nitrogen and oxygen atoms in total. The molecule has 0 aromatic rings. The van der Waals surface area contributed by atoms with Crippen molar-refractivity contribution >= 4 is 0 Å². The van der Waals surface area contributed by atoms with Gasteiger partial charge in [0, 0.05) is 18.1 Å². The molecule has 9 aliphatic rings. The van der Waals surface area contributed by atoms with Crippen LogP contribution >= 0.6 is 0 Å². The van der Waals surface area contributed by atoms with E-state index in [2.05, 4.69) is 18.7 Å². The maximum atomic E-state index is 3.21. The van der Waals surface area contributed by atoms with Crippen molar-refractivity contribution in [1.29, 1.82) is 0 Å². The molecule has 266 valence electrons. The quantitative estimate of drug-likeness (QED) is 0.278. The van der Waals surface area contributed by atoms with Gasteiger partial charge in [0.25, 0.3) is 0 Å². The van der Waals surface area contributed by atoms with Gasteiger partial charge in [-0.05, 0) is 186 Å². The summed E-state index contributed by atoms with van der Waals surface area (Å²) in [6.45, 7) is 5.12. The van der Waals surface area contributed by atoms with Gasteiger partial charge in [-0.3, -0.25) is 4.90 Å². The highest BCUT2D eigenvalue weighted by molar-refractivity contribution is 5.07. The molecule has 0 aromatic heterocycles. The minimum atomic E-state index is 0.805. The van der Waals surface area contributed by atoms with Crippen LogP contribution < -0.4 is 0 Å². The zero-order chi connectivity index (χ0) is 31.5. The molecule has 0 amide bonds. The lowest BCUT2D eigenvalue weighted by molar-refractivity contribution is -0.0304. The van der Waals surface area contributed by atoms with E-state index in [9.17, 15) is 0 Å². The molecule has 47 heavy (non-hydrogen) atoms. The van der Waals surface area contributed by atoms with Gasteiger partial charge in [0.15, 0.2) is 0 Å². The highest BCUT2D eigenvalue weighted by atomic mass is 15.3. The fourth-order valence-corrected chi connectivity index (χ4v) is 17.0. The topological polar surface area (TPSA) is 3.24 Å². The van der Waals surface area contributed by atoms with Crippen LogP contribution in [0.15, 0.2) is 0 Å². The fraction of sp³-hybridized carbons (Fsp3) is 1.00. The van der Waals surface area contributed by atoms with Crippen LogP contribution in [0, 0.1) is 82.9 Å². The lowest BCUT2D eigenvalue weighted by Gasteiger charge is -2.53. The first-order valence-electron chi connectivity index (χ1n) is 22.9. The van der Waals surface area contributed by atoms with Crippen molar-refractivity contribution < 1.29 is 0 Å². The molecule has 8 saturated carbocycles. The average molecular weight is 644 g/mol. The third-order valence-corrected chi connectivity index (χ3v) is 18.8. The zero-order valence-electron chi connectivity index (χ0n) is 31.4. The normalized spacial score (nSPS) is 52.2. The molecule has 8 aliphatic carbocycles. The second-order valence-electron chi connectivity index (χ2n) is 20.6. The van der Waals surface area contributed by atoms with E-state index in [-0.39, 0.29) is 0 Å². The summed E-state index contributed by atoms with van der Waals surface area (Å²) >= 11 is 0. The highest BCUT2D eigenvalue weighted by Crippen LogP contribution is 2.60. The SMILES string of the molecule is CCC(C)N1C2CCC(CC3C4CCCCC4CC4CCCCC43)CC2C2CC(CC3C4CCCCC4CC4CCCCC43)CCC21. The molecule has 1 saturated heterocycles. The van der Waals surface area contributed by atoms with Crippen LogP contribution in [-0.2, 0) is 0 Å². The van der Waals surface area contributed by atoms with Crippen molar-refractivity contribution in [2.75, 3.05) is 0 Å². The van der Waals surface area contributed by atoms with E-state index >= 15 is 0 Å². The van der Waals surface area contributed by atoms with E-state index < -0.39 is 0 Å². The Labute approximate surface area is 292 Å². The van der Waals surface area contributed by atoms with Crippen LogP contribution in [0.3, 0.4) is 0 Å². The molecule has 0 radical (unpaired) electrons. The summed E-state index contributed by atoms with van der Waals surface area (Å²) in [7, 11) is 0. The fourth-order valence-electron chi connectivity index (χ4n) is 17.0. The van der Waals surface area contributed by atoms with E-state index in [0.29, 0.717) is 0 Å². The van der Waals surface area contributed by atoms with Gasteiger partial charge in [0.05, 0.1) is 0 Å². The Morgan fingerprint density at radius 3 is 1.15 bits per heavy atom. The van der Waals surface area contributed by atoms with Gasteiger partial charge in [0.1, 0.15) is 0 Å². The lowest BCUT2D eigenvalue weighted by Crippen LogP contribution is -2.47. The predicted molar refractivity (Wildman–Crippen MR) is 198 cm³/mol. The van der Waals surface area contributed by atoms with E-state index in [4.69, 9.17) is 0 Å². The van der Waals surface area contributed by atoms with Gasteiger partial charge in [-0.2, -0.15) is 0 Å². The number of nitrogens with zero attached hydrogens (tertiary/aromatic N) is 1. The molecule has 0 aromatic carbocycles. The van der Waals surface area contributed by atoms with E-state index in [1.54, 1.807) is 167 Å². The summed E-state index contributed by atoms with van der Waals surface area (Å²) in [6, 6.07) is 2.68. The second-order valence-corrected chi connectivity index (χ2v) is 20.6. The minimum absolute atomic E-state index is 0.805. The summed E-state index contributed by atoms with van der Waals surface area (Å²) < 4.78 is 0. The molecule has 9 fully saturated rings. The first kappa shape index (κ1) is 32.8.